The van der Waals surface area contributed by atoms with Gasteiger partial charge < -0.3 is 9.64 Å². The lowest BCUT2D eigenvalue weighted by molar-refractivity contribution is 0.112. The fraction of sp³-hybridized carbons (Fsp3) is 0.462. The van der Waals surface area contributed by atoms with Gasteiger partial charge >= 0.3 is 0 Å². The van der Waals surface area contributed by atoms with E-state index in [4.69, 9.17) is 4.74 Å². The first-order valence-electron chi connectivity index (χ1n) is 5.80. The average molecular weight is 300 g/mol. The molecule has 0 amide bonds. The monoisotopic (exact) mass is 299 g/mol. The molecule has 0 atom stereocenters. The van der Waals surface area contributed by atoms with Crippen LogP contribution in [-0.4, -0.2) is 32.6 Å². The Bertz CT molecular complexity index is 368. The summed E-state index contributed by atoms with van der Waals surface area (Å²) in [5.41, 5.74) is 1.78. The zero-order valence-electron chi connectivity index (χ0n) is 10.3. The quantitative estimate of drug-likeness (QED) is 0.572. The number of carbonyl (C=O) groups is 1. The molecule has 0 aliphatic heterocycles. The van der Waals surface area contributed by atoms with Gasteiger partial charge in [-0.1, -0.05) is 0 Å². The predicted molar refractivity (Wildman–Crippen MR) is 73.9 cm³/mol. The summed E-state index contributed by atoms with van der Waals surface area (Å²) in [5, 5.41) is 0. The molecule has 0 aliphatic rings. The summed E-state index contributed by atoms with van der Waals surface area (Å²) in [6.45, 7) is 7.31. The van der Waals surface area contributed by atoms with E-state index in [0.29, 0.717) is 12.2 Å². The van der Waals surface area contributed by atoms with E-state index in [2.05, 4.69) is 27.8 Å². The summed E-state index contributed by atoms with van der Waals surface area (Å²) in [4.78, 5) is 12.9. The van der Waals surface area contributed by atoms with Crippen molar-refractivity contribution < 1.29 is 9.53 Å². The highest BCUT2D eigenvalue weighted by atomic mass is 79.9. The first kappa shape index (κ1) is 14.2. The van der Waals surface area contributed by atoms with Crippen LogP contribution in [0.3, 0.4) is 0 Å². The third-order valence-electron chi connectivity index (χ3n) is 2.54. The molecule has 0 heterocycles. The first-order valence-corrected chi connectivity index (χ1v) is 6.59. The molecule has 0 aliphatic carbocycles. The molecule has 0 spiro atoms. The van der Waals surface area contributed by atoms with Crippen LogP contribution in [0, 0.1) is 0 Å². The Morgan fingerprint density at radius 1 is 1.41 bits per heavy atom. The van der Waals surface area contributed by atoms with E-state index in [1.54, 1.807) is 0 Å². The molecule has 94 valence electrons. The van der Waals surface area contributed by atoms with Crippen molar-refractivity contribution >= 4 is 27.9 Å². The molecular weight excluding hydrogens is 282 g/mol. The molecule has 17 heavy (non-hydrogen) atoms. The van der Waals surface area contributed by atoms with Crippen LogP contribution < -0.4 is 4.90 Å². The zero-order chi connectivity index (χ0) is 12.7. The molecule has 1 aromatic rings. The molecule has 0 unspecified atom stereocenters. The summed E-state index contributed by atoms with van der Waals surface area (Å²) < 4.78 is 6.30. The molecule has 0 fully saturated rings. The summed E-state index contributed by atoms with van der Waals surface area (Å²) in [6, 6.07) is 5.63. The normalized spacial score (nSPS) is 10.3. The lowest BCUT2D eigenvalue weighted by atomic mass is 10.2. The van der Waals surface area contributed by atoms with Gasteiger partial charge in [0.05, 0.1) is 12.3 Å². The van der Waals surface area contributed by atoms with Crippen molar-refractivity contribution in [3.8, 4) is 0 Å². The maximum absolute atomic E-state index is 10.7. The lowest BCUT2D eigenvalue weighted by Crippen LogP contribution is -2.27. The molecule has 0 N–H and O–H groups in total. The zero-order valence-corrected chi connectivity index (χ0v) is 11.9. The summed E-state index contributed by atoms with van der Waals surface area (Å²) in [5.74, 6) is 0. The number of aldehydes is 1. The summed E-state index contributed by atoms with van der Waals surface area (Å²) >= 11 is 3.50. The number of benzene rings is 1. The molecule has 0 saturated heterocycles. The highest BCUT2D eigenvalue weighted by molar-refractivity contribution is 9.10. The van der Waals surface area contributed by atoms with Gasteiger partial charge in [-0.05, 0) is 48.0 Å². The van der Waals surface area contributed by atoms with E-state index in [1.165, 1.54) is 0 Å². The second kappa shape index (κ2) is 7.45. The van der Waals surface area contributed by atoms with Gasteiger partial charge in [0.2, 0.25) is 0 Å². The smallest absolute Gasteiger partial charge is 0.150 e. The molecule has 0 bridgehead atoms. The van der Waals surface area contributed by atoms with Crippen LogP contribution in [0.25, 0.3) is 0 Å². The van der Waals surface area contributed by atoms with Crippen LogP contribution >= 0.6 is 15.9 Å². The highest BCUT2D eigenvalue weighted by Crippen LogP contribution is 2.26. The maximum atomic E-state index is 10.7. The standard InChI is InChI=1S/C13H18BrNO2/c1-3-15(7-8-17-4-2)13-6-5-11(10-16)9-12(13)14/h5-6,9-10H,3-4,7-8H2,1-2H3. The van der Waals surface area contributed by atoms with Gasteiger partial charge in [0, 0.05) is 29.7 Å². The van der Waals surface area contributed by atoms with E-state index >= 15 is 0 Å². The third kappa shape index (κ3) is 4.13. The Morgan fingerprint density at radius 2 is 2.18 bits per heavy atom. The molecule has 1 rings (SSSR count). The fourth-order valence-corrected chi connectivity index (χ4v) is 2.27. The van der Waals surface area contributed by atoms with E-state index in [1.807, 2.05) is 25.1 Å². The van der Waals surface area contributed by atoms with Gasteiger partial charge in [-0.2, -0.15) is 0 Å². The van der Waals surface area contributed by atoms with Crippen LogP contribution in [0.2, 0.25) is 0 Å². The Morgan fingerprint density at radius 3 is 2.71 bits per heavy atom. The third-order valence-corrected chi connectivity index (χ3v) is 3.18. The number of hydrogen-bond donors (Lipinski definition) is 0. The fourth-order valence-electron chi connectivity index (χ4n) is 1.62. The molecule has 4 heteroatoms. The van der Waals surface area contributed by atoms with E-state index in [0.717, 1.165) is 36.1 Å². The average Bonchev–Trinajstić information content (AvgIpc) is 2.35. The van der Waals surface area contributed by atoms with Crippen molar-refractivity contribution in [3.05, 3.63) is 28.2 Å². The Labute approximate surface area is 111 Å². The van der Waals surface area contributed by atoms with Gasteiger partial charge in [-0.15, -0.1) is 0 Å². The molecule has 1 aromatic carbocycles. The molecule has 0 saturated carbocycles. The molecule has 0 radical (unpaired) electrons. The number of rotatable bonds is 7. The molecule has 0 aromatic heterocycles. The van der Waals surface area contributed by atoms with Crippen LogP contribution in [0.5, 0.6) is 0 Å². The second-order valence-corrected chi connectivity index (χ2v) is 4.46. The lowest BCUT2D eigenvalue weighted by Gasteiger charge is -2.24. The number of hydrogen-bond acceptors (Lipinski definition) is 3. The topological polar surface area (TPSA) is 29.5 Å². The number of anilines is 1. The van der Waals surface area contributed by atoms with Crippen molar-refractivity contribution in [3.63, 3.8) is 0 Å². The number of likely N-dealkylation sites (N-methyl/N-ethyl adjacent to an activating group) is 1. The van der Waals surface area contributed by atoms with E-state index < -0.39 is 0 Å². The van der Waals surface area contributed by atoms with Gasteiger partial charge in [-0.25, -0.2) is 0 Å². The van der Waals surface area contributed by atoms with Crippen LogP contribution in [0.1, 0.15) is 24.2 Å². The van der Waals surface area contributed by atoms with Gasteiger partial charge in [-0.3, -0.25) is 4.79 Å². The van der Waals surface area contributed by atoms with Crippen molar-refractivity contribution in [1.82, 2.24) is 0 Å². The van der Waals surface area contributed by atoms with Crippen molar-refractivity contribution in [1.29, 1.82) is 0 Å². The SMILES string of the molecule is CCOCCN(CC)c1ccc(C=O)cc1Br. The molecular formula is C13H18BrNO2. The van der Waals surface area contributed by atoms with Gasteiger partial charge in [0.15, 0.2) is 0 Å². The Balaban J connectivity index is 2.77. The minimum Gasteiger partial charge on any atom is -0.380 e. The van der Waals surface area contributed by atoms with Crippen LogP contribution in [0.4, 0.5) is 5.69 Å². The highest BCUT2D eigenvalue weighted by Gasteiger charge is 2.08. The number of nitrogens with zero attached hydrogens (tertiary/aromatic N) is 1. The van der Waals surface area contributed by atoms with Crippen molar-refractivity contribution in [2.24, 2.45) is 0 Å². The number of ether oxygens (including phenoxy) is 1. The van der Waals surface area contributed by atoms with E-state index in [9.17, 15) is 4.79 Å². The Hall–Kier alpha value is -0.870. The minimum atomic E-state index is 0.682. The van der Waals surface area contributed by atoms with Crippen LogP contribution in [-0.2, 0) is 4.74 Å². The first-order chi connectivity index (χ1) is 8.22. The predicted octanol–water partition coefficient (Wildman–Crippen LogP) is 3.12. The number of carbonyl (C=O) groups excluding carboxylic acids is 1. The minimum absolute atomic E-state index is 0.682. The largest absolute Gasteiger partial charge is 0.380 e. The second-order valence-electron chi connectivity index (χ2n) is 3.61. The maximum Gasteiger partial charge on any atom is 0.150 e. The van der Waals surface area contributed by atoms with Gasteiger partial charge in [0.25, 0.3) is 0 Å². The Kier molecular flexibility index (Phi) is 6.22. The molecule has 3 nitrogen and oxygen atoms in total. The summed E-state index contributed by atoms with van der Waals surface area (Å²) in [6.07, 6.45) is 0.852. The van der Waals surface area contributed by atoms with Gasteiger partial charge in [0.1, 0.15) is 6.29 Å². The number of halogens is 1. The van der Waals surface area contributed by atoms with E-state index in [-0.39, 0.29) is 0 Å². The summed E-state index contributed by atoms with van der Waals surface area (Å²) in [7, 11) is 0. The van der Waals surface area contributed by atoms with Crippen molar-refractivity contribution in [2.45, 2.75) is 13.8 Å². The van der Waals surface area contributed by atoms with Crippen LogP contribution in [0.15, 0.2) is 22.7 Å². The van der Waals surface area contributed by atoms with Crippen molar-refractivity contribution in [2.75, 3.05) is 31.2 Å².